The van der Waals surface area contributed by atoms with Gasteiger partial charge in [-0.25, -0.2) is 28.4 Å². The normalized spacial score (nSPS) is 18.9. The number of carbonyl (C=O) groups is 1. The molecule has 0 bridgehead atoms. The summed E-state index contributed by atoms with van der Waals surface area (Å²) in [6.07, 6.45) is 0.212. The topological polar surface area (TPSA) is 109 Å². The van der Waals surface area contributed by atoms with Crippen LogP contribution in [-0.4, -0.2) is 33.1 Å². The number of halogens is 1. The van der Waals surface area contributed by atoms with E-state index >= 15 is 0 Å². The molecule has 2 aromatic rings. The fourth-order valence-corrected chi connectivity index (χ4v) is 4.64. The summed E-state index contributed by atoms with van der Waals surface area (Å²) < 4.78 is 46.0. The molecule has 1 aliphatic rings. The number of amides is 1. The highest BCUT2D eigenvalue weighted by Crippen LogP contribution is 2.23. The molecule has 0 aromatic heterocycles. The molecule has 1 aliphatic heterocycles. The maximum Gasteiger partial charge on any atom is 0.259 e. The number of carbonyl (C=O) groups excluding carboxylic acids is 1. The fraction of sp³-hybridized carbons (Fsp3) is 0.381. The summed E-state index contributed by atoms with van der Waals surface area (Å²) in [7, 11) is -3.60. The standard InChI is InChI=1S/C21H27FN4O4S/c1-13(2)26-31(28,29)17-7-8-19(14(3)9-17)30-12-21(27)23-20-11-18(24-25-20)15-5-4-6-16(22)10-15/h4-10,13,18,20,24-26H,11-12H2,1-3H3,(H,23,27). The molecule has 2 unspecified atom stereocenters. The molecule has 1 amide bonds. The smallest absolute Gasteiger partial charge is 0.259 e. The SMILES string of the molecule is Cc1cc(S(=O)(=O)NC(C)C)ccc1OCC(=O)NC1CC(c2cccc(F)c2)NN1. The zero-order valence-electron chi connectivity index (χ0n) is 17.6. The quantitative estimate of drug-likeness (QED) is 0.489. The van der Waals surface area contributed by atoms with Crippen LogP contribution >= 0.6 is 0 Å². The number of nitrogens with one attached hydrogen (secondary N) is 4. The molecule has 8 nitrogen and oxygen atoms in total. The van der Waals surface area contributed by atoms with E-state index in [2.05, 4.69) is 20.9 Å². The number of sulfonamides is 1. The molecule has 3 rings (SSSR count). The molecule has 1 fully saturated rings. The number of hydrogen-bond acceptors (Lipinski definition) is 6. The van der Waals surface area contributed by atoms with Crippen molar-refractivity contribution in [3.8, 4) is 5.75 Å². The largest absolute Gasteiger partial charge is 0.484 e. The van der Waals surface area contributed by atoms with Crippen LogP contribution in [0.5, 0.6) is 5.75 Å². The Hall–Kier alpha value is -2.53. The van der Waals surface area contributed by atoms with Gasteiger partial charge in [-0.1, -0.05) is 12.1 Å². The second-order valence-electron chi connectivity index (χ2n) is 7.74. The Kier molecular flexibility index (Phi) is 7.26. The van der Waals surface area contributed by atoms with Gasteiger partial charge in [0.2, 0.25) is 10.0 Å². The van der Waals surface area contributed by atoms with E-state index in [4.69, 9.17) is 4.74 Å². The van der Waals surface area contributed by atoms with Crippen LogP contribution in [0, 0.1) is 12.7 Å². The van der Waals surface area contributed by atoms with E-state index in [-0.39, 0.29) is 41.5 Å². The van der Waals surface area contributed by atoms with Crippen LogP contribution in [0.4, 0.5) is 4.39 Å². The van der Waals surface area contributed by atoms with Gasteiger partial charge in [0, 0.05) is 18.5 Å². The van der Waals surface area contributed by atoms with E-state index in [0.29, 0.717) is 17.7 Å². The van der Waals surface area contributed by atoms with E-state index in [9.17, 15) is 17.6 Å². The molecule has 0 radical (unpaired) electrons. The Bertz CT molecular complexity index is 1050. The molecule has 2 atom stereocenters. The third-order valence-electron chi connectivity index (χ3n) is 4.70. The van der Waals surface area contributed by atoms with Crippen molar-refractivity contribution in [2.45, 2.75) is 50.3 Å². The molecular formula is C21H27FN4O4S. The first kappa shape index (κ1) is 23.1. The van der Waals surface area contributed by atoms with Gasteiger partial charge in [-0.2, -0.15) is 0 Å². The first-order chi connectivity index (χ1) is 14.6. The predicted octanol–water partition coefficient (Wildman–Crippen LogP) is 1.88. The van der Waals surface area contributed by atoms with Gasteiger partial charge < -0.3 is 10.1 Å². The second-order valence-corrected chi connectivity index (χ2v) is 9.46. The molecule has 0 spiro atoms. The maximum absolute atomic E-state index is 13.4. The summed E-state index contributed by atoms with van der Waals surface area (Å²) >= 11 is 0. The van der Waals surface area contributed by atoms with E-state index in [1.165, 1.54) is 30.3 Å². The lowest BCUT2D eigenvalue weighted by Gasteiger charge is -2.15. The summed E-state index contributed by atoms with van der Waals surface area (Å²) in [5, 5.41) is 2.80. The van der Waals surface area contributed by atoms with Gasteiger partial charge in [0.05, 0.1) is 11.1 Å². The Morgan fingerprint density at radius 3 is 2.68 bits per heavy atom. The van der Waals surface area contributed by atoms with E-state index in [1.807, 2.05) is 6.07 Å². The molecule has 2 aromatic carbocycles. The van der Waals surface area contributed by atoms with Gasteiger partial charge in [-0.3, -0.25) is 4.79 Å². The minimum atomic E-state index is -3.60. The van der Waals surface area contributed by atoms with Crippen molar-refractivity contribution in [3.63, 3.8) is 0 Å². The number of hydrogen-bond donors (Lipinski definition) is 4. The third kappa shape index (κ3) is 6.23. The Morgan fingerprint density at radius 1 is 1.23 bits per heavy atom. The second kappa shape index (κ2) is 9.73. The fourth-order valence-electron chi connectivity index (χ4n) is 3.30. The summed E-state index contributed by atoms with van der Waals surface area (Å²) in [6, 6.07) is 10.4. The van der Waals surface area contributed by atoms with Gasteiger partial charge in [0.15, 0.2) is 6.61 Å². The molecule has 4 N–H and O–H groups in total. The molecule has 31 heavy (non-hydrogen) atoms. The summed E-state index contributed by atoms with van der Waals surface area (Å²) in [5.74, 6) is -0.222. The van der Waals surface area contributed by atoms with Gasteiger partial charge in [0.25, 0.3) is 5.91 Å². The lowest BCUT2D eigenvalue weighted by Crippen LogP contribution is -2.45. The zero-order chi connectivity index (χ0) is 22.6. The molecule has 10 heteroatoms. The van der Waals surface area contributed by atoms with Gasteiger partial charge >= 0.3 is 0 Å². The van der Waals surface area contributed by atoms with Crippen molar-refractivity contribution >= 4 is 15.9 Å². The molecule has 168 valence electrons. The summed E-state index contributed by atoms with van der Waals surface area (Å²) in [6.45, 7) is 4.98. The van der Waals surface area contributed by atoms with Crippen molar-refractivity contribution in [3.05, 3.63) is 59.4 Å². The van der Waals surface area contributed by atoms with Crippen LogP contribution in [0.25, 0.3) is 0 Å². The highest BCUT2D eigenvalue weighted by molar-refractivity contribution is 7.89. The van der Waals surface area contributed by atoms with Crippen molar-refractivity contribution < 1.29 is 22.3 Å². The molecule has 0 aliphatic carbocycles. The number of ether oxygens (including phenoxy) is 1. The first-order valence-corrected chi connectivity index (χ1v) is 11.4. The molecule has 1 heterocycles. The van der Waals surface area contributed by atoms with Gasteiger partial charge in [-0.05, 0) is 62.2 Å². The highest BCUT2D eigenvalue weighted by atomic mass is 32.2. The number of rotatable bonds is 8. The first-order valence-electron chi connectivity index (χ1n) is 9.96. The van der Waals surface area contributed by atoms with Gasteiger partial charge in [-0.15, -0.1) is 0 Å². The van der Waals surface area contributed by atoms with Crippen LogP contribution in [0.2, 0.25) is 0 Å². The van der Waals surface area contributed by atoms with Crippen molar-refractivity contribution in [1.29, 1.82) is 0 Å². The van der Waals surface area contributed by atoms with Crippen molar-refractivity contribution in [2.24, 2.45) is 0 Å². The highest BCUT2D eigenvalue weighted by Gasteiger charge is 2.26. The summed E-state index contributed by atoms with van der Waals surface area (Å²) in [4.78, 5) is 12.4. The zero-order valence-corrected chi connectivity index (χ0v) is 18.4. The number of benzene rings is 2. The Morgan fingerprint density at radius 2 is 2.00 bits per heavy atom. The monoisotopic (exact) mass is 450 g/mol. The van der Waals surface area contributed by atoms with Crippen molar-refractivity contribution in [2.75, 3.05) is 6.61 Å². The van der Waals surface area contributed by atoms with Gasteiger partial charge in [0.1, 0.15) is 11.6 Å². The van der Waals surface area contributed by atoms with Crippen LogP contribution in [-0.2, 0) is 14.8 Å². The summed E-state index contributed by atoms with van der Waals surface area (Å²) in [5.41, 5.74) is 7.40. The molecule has 1 saturated heterocycles. The Balaban J connectivity index is 1.52. The molecular weight excluding hydrogens is 423 g/mol. The lowest BCUT2D eigenvalue weighted by atomic mass is 10.0. The van der Waals surface area contributed by atoms with Crippen LogP contribution in [0.1, 0.15) is 37.4 Å². The minimum Gasteiger partial charge on any atom is -0.484 e. The van der Waals surface area contributed by atoms with Crippen LogP contribution in [0.15, 0.2) is 47.4 Å². The average molecular weight is 451 g/mol. The predicted molar refractivity (Wildman–Crippen MR) is 114 cm³/mol. The molecule has 0 saturated carbocycles. The van der Waals surface area contributed by atoms with E-state index in [1.54, 1.807) is 26.8 Å². The van der Waals surface area contributed by atoms with Crippen LogP contribution < -0.4 is 25.6 Å². The van der Waals surface area contributed by atoms with E-state index in [0.717, 1.165) is 5.56 Å². The third-order valence-corrected chi connectivity index (χ3v) is 6.35. The maximum atomic E-state index is 13.4. The van der Waals surface area contributed by atoms with Crippen LogP contribution in [0.3, 0.4) is 0 Å². The van der Waals surface area contributed by atoms with E-state index < -0.39 is 10.0 Å². The lowest BCUT2D eigenvalue weighted by molar-refractivity contribution is -0.123. The number of aryl methyl sites for hydroxylation is 1. The van der Waals surface area contributed by atoms with Crippen molar-refractivity contribution in [1.82, 2.24) is 20.9 Å². The minimum absolute atomic E-state index is 0.127. The number of hydrazine groups is 1. The average Bonchev–Trinajstić information content (AvgIpc) is 3.14. The Labute approximate surface area is 181 Å².